The minimum atomic E-state index is -0.341. The fraction of sp³-hybridized carbons (Fsp3) is 0.250. The third kappa shape index (κ3) is 1.38. The van der Waals surface area contributed by atoms with Crippen molar-refractivity contribution >= 4 is 53.8 Å². The zero-order valence-electron chi connectivity index (χ0n) is 4.03. The van der Waals surface area contributed by atoms with Gasteiger partial charge < -0.3 is 4.74 Å². The van der Waals surface area contributed by atoms with Gasteiger partial charge in [-0.2, -0.15) is 0 Å². The van der Waals surface area contributed by atoms with Crippen molar-refractivity contribution in [3.63, 3.8) is 0 Å². The van der Waals surface area contributed by atoms with Gasteiger partial charge in [-0.25, -0.2) is 0 Å². The summed E-state index contributed by atoms with van der Waals surface area (Å²) in [4.78, 5) is 10.3. The average molecular weight is 321 g/mol. The number of esters is 1. The Morgan fingerprint density at radius 2 is 2.00 bits per heavy atom. The number of hydrogen-bond acceptors (Lipinski definition) is 2. The van der Waals surface area contributed by atoms with Crippen molar-refractivity contribution in [2.45, 2.75) is 4.83 Å². The van der Waals surface area contributed by atoms with Gasteiger partial charge >= 0.3 is 5.97 Å². The summed E-state index contributed by atoms with van der Waals surface area (Å²) in [5.41, 5.74) is 0. The summed E-state index contributed by atoms with van der Waals surface area (Å²) in [6, 6.07) is 0. The Hall–Kier alpha value is 0.650. The molecule has 0 radical (unpaired) electrons. The monoisotopic (exact) mass is 318 g/mol. The zero-order chi connectivity index (χ0) is 7.02. The number of halogens is 3. The molecular weight excluding hydrogens is 320 g/mol. The number of carbonyl (C=O) groups excluding carboxylic acids is 1. The van der Waals surface area contributed by atoms with Crippen LogP contribution in [0.3, 0.4) is 0 Å². The first-order chi connectivity index (χ1) is 4.13. The number of rotatable bonds is 0. The van der Waals surface area contributed by atoms with Crippen LogP contribution in [0.2, 0.25) is 0 Å². The molecule has 0 aliphatic carbocycles. The summed E-state index contributed by atoms with van der Waals surface area (Å²) in [6.45, 7) is 0. The zero-order valence-corrected chi connectivity index (χ0v) is 8.79. The Kier molecular flexibility index (Phi) is 2.34. The fourth-order valence-corrected chi connectivity index (χ4v) is 1.66. The predicted molar refractivity (Wildman–Crippen MR) is 43.7 cm³/mol. The van der Waals surface area contributed by atoms with Gasteiger partial charge in [-0.15, -0.1) is 0 Å². The van der Waals surface area contributed by atoms with Crippen LogP contribution in [0, 0.1) is 0 Å². The van der Waals surface area contributed by atoms with Crippen molar-refractivity contribution in [3.8, 4) is 0 Å². The Morgan fingerprint density at radius 1 is 1.44 bits per heavy atom. The molecule has 1 atom stereocenters. The van der Waals surface area contributed by atoms with E-state index in [0.29, 0.717) is 9.15 Å². The van der Waals surface area contributed by atoms with Gasteiger partial charge in [0, 0.05) is 0 Å². The van der Waals surface area contributed by atoms with Gasteiger partial charge in [0.15, 0.2) is 4.67 Å². The first kappa shape index (κ1) is 7.75. The minimum Gasteiger partial charge on any atom is -0.417 e. The van der Waals surface area contributed by atoms with Gasteiger partial charge in [0.25, 0.3) is 0 Å². The molecule has 0 aromatic heterocycles. The molecule has 0 fully saturated rings. The van der Waals surface area contributed by atoms with E-state index in [4.69, 9.17) is 0 Å². The van der Waals surface area contributed by atoms with Crippen LogP contribution >= 0.6 is 47.8 Å². The van der Waals surface area contributed by atoms with E-state index in [2.05, 4.69) is 52.5 Å². The highest BCUT2D eigenvalue weighted by atomic mass is 79.9. The van der Waals surface area contributed by atoms with Gasteiger partial charge in [-0.05, 0) is 31.9 Å². The van der Waals surface area contributed by atoms with Crippen LogP contribution in [-0.4, -0.2) is 10.8 Å². The van der Waals surface area contributed by atoms with E-state index in [-0.39, 0.29) is 10.8 Å². The number of alkyl halides is 1. The Balaban J connectivity index is 2.87. The largest absolute Gasteiger partial charge is 0.417 e. The van der Waals surface area contributed by atoms with Gasteiger partial charge in [0.05, 0.1) is 4.48 Å². The van der Waals surface area contributed by atoms with Gasteiger partial charge in [0.1, 0.15) is 4.83 Å². The Labute approximate surface area is 77.0 Å². The first-order valence-electron chi connectivity index (χ1n) is 2.04. The van der Waals surface area contributed by atoms with Crippen molar-refractivity contribution in [1.29, 1.82) is 0 Å². The quantitative estimate of drug-likeness (QED) is 0.505. The maximum Gasteiger partial charge on any atom is 0.330 e. The highest BCUT2D eigenvalue weighted by molar-refractivity contribution is 9.15. The molecule has 5 heteroatoms. The minimum absolute atomic E-state index is 0.297. The molecule has 0 saturated carbocycles. The van der Waals surface area contributed by atoms with E-state index >= 15 is 0 Å². The number of hydrogen-bond donors (Lipinski definition) is 0. The maximum atomic E-state index is 10.6. The SMILES string of the molecule is O=C1OC(Br)=C(Br)C1Br. The van der Waals surface area contributed by atoms with Crippen LogP contribution in [0.5, 0.6) is 0 Å². The van der Waals surface area contributed by atoms with Crippen LogP contribution in [-0.2, 0) is 9.53 Å². The van der Waals surface area contributed by atoms with E-state index in [0.717, 1.165) is 0 Å². The van der Waals surface area contributed by atoms with Gasteiger partial charge in [-0.1, -0.05) is 15.9 Å². The summed E-state index contributed by atoms with van der Waals surface area (Å²) < 4.78 is 5.80. The van der Waals surface area contributed by atoms with Crippen molar-refractivity contribution in [1.82, 2.24) is 0 Å². The highest BCUT2D eigenvalue weighted by Crippen LogP contribution is 2.34. The summed E-state index contributed by atoms with van der Waals surface area (Å²) in [6.07, 6.45) is 0. The summed E-state index contributed by atoms with van der Waals surface area (Å²) >= 11 is 9.29. The lowest BCUT2D eigenvalue weighted by Gasteiger charge is -1.90. The number of cyclic esters (lactones) is 1. The molecular formula is C4HBr3O2. The van der Waals surface area contributed by atoms with Crippen LogP contribution in [0.1, 0.15) is 0 Å². The van der Waals surface area contributed by atoms with Crippen molar-refractivity contribution in [2.75, 3.05) is 0 Å². The van der Waals surface area contributed by atoms with Gasteiger partial charge in [-0.3, -0.25) is 4.79 Å². The first-order valence-corrected chi connectivity index (χ1v) is 4.54. The van der Waals surface area contributed by atoms with Crippen LogP contribution in [0.25, 0.3) is 0 Å². The molecule has 0 aromatic rings. The van der Waals surface area contributed by atoms with E-state index in [1.165, 1.54) is 0 Å². The fourth-order valence-electron chi connectivity index (χ4n) is 0.392. The van der Waals surface area contributed by atoms with Crippen molar-refractivity contribution < 1.29 is 9.53 Å². The normalized spacial score (nSPS) is 27.0. The van der Waals surface area contributed by atoms with Crippen LogP contribution < -0.4 is 0 Å². The lowest BCUT2D eigenvalue weighted by molar-refractivity contribution is -0.135. The second kappa shape index (κ2) is 2.72. The molecule has 0 bridgehead atoms. The maximum absolute atomic E-state index is 10.6. The Bertz CT molecular complexity index is 186. The lowest BCUT2D eigenvalue weighted by Crippen LogP contribution is -2.07. The van der Waals surface area contributed by atoms with Crippen LogP contribution in [0.15, 0.2) is 9.15 Å². The molecule has 1 heterocycles. The molecule has 0 amide bonds. The topological polar surface area (TPSA) is 26.3 Å². The molecule has 2 nitrogen and oxygen atoms in total. The summed E-state index contributed by atoms with van der Waals surface area (Å²) in [7, 11) is 0. The third-order valence-electron chi connectivity index (χ3n) is 0.807. The van der Waals surface area contributed by atoms with E-state index < -0.39 is 0 Å². The van der Waals surface area contributed by atoms with E-state index in [9.17, 15) is 4.79 Å². The van der Waals surface area contributed by atoms with Crippen LogP contribution in [0.4, 0.5) is 0 Å². The smallest absolute Gasteiger partial charge is 0.330 e. The molecule has 1 aliphatic heterocycles. The molecule has 0 aromatic carbocycles. The standard InChI is InChI=1S/C4HBr3O2/c5-1-2(6)4(8)9-3(1)7/h2H. The highest BCUT2D eigenvalue weighted by Gasteiger charge is 2.30. The number of carbonyl (C=O) groups is 1. The molecule has 9 heavy (non-hydrogen) atoms. The van der Waals surface area contributed by atoms with E-state index in [1.54, 1.807) is 0 Å². The Morgan fingerprint density at radius 3 is 2.11 bits per heavy atom. The second-order valence-electron chi connectivity index (χ2n) is 1.41. The van der Waals surface area contributed by atoms with Crippen molar-refractivity contribution in [3.05, 3.63) is 9.15 Å². The lowest BCUT2D eigenvalue weighted by atomic mass is 10.5. The molecule has 1 rings (SSSR count). The third-order valence-corrected chi connectivity index (χ3v) is 4.19. The van der Waals surface area contributed by atoms with Gasteiger partial charge in [0.2, 0.25) is 0 Å². The predicted octanol–water partition coefficient (Wildman–Crippen LogP) is 2.27. The molecule has 0 saturated heterocycles. The summed E-state index contributed by atoms with van der Waals surface area (Å²) in [5.74, 6) is -0.297. The van der Waals surface area contributed by atoms with E-state index in [1.807, 2.05) is 0 Å². The molecule has 1 unspecified atom stereocenters. The molecule has 0 N–H and O–H groups in total. The van der Waals surface area contributed by atoms with Crippen molar-refractivity contribution in [2.24, 2.45) is 0 Å². The number of ether oxygens (including phenoxy) is 1. The molecule has 50 valence electrons. The second-order valence-corrected chi connectivity index (χ2v) is 3.90. The summed E-state index contributed by atoms with van der Waals surface area (Å²) in [5, 5.41) is 0. The average Bonchev–Trinajstić information content (AvgIpc) is 1.98. The molecule has 1 aliphatic rings. The molecule has 0 spiro atoms.